The number of benzene rings is 2. The van der Waals surface area contributed by atoms with Gasteiger partial charge in [0.2, 0.25) is 0 Å². The van der Waals surface area contributed by atoms with Crippen molar-refractivity contribution in [3.63, 3.8) is 0 Å². The van der Waals surface area contributed by atoms with Crippen LogP contribution in [0.4, 0.5) is 14.9 Å². The summed E-state index contributed by atoms with van der Waals surface area (Å²) in [5, 5.41) is 3.05. The van der Waals surface area contributed by atoms with Gasteiger partial charge in [-0.3, -0.25) is 0 Å². The van der Waals surface area contributed by atoms with Gasteiger partial charge in [-0.15, -0.1) is 0 Å². The molecule has 2 aromatic carbocycles. The molecule has 132 valence electrons. The van der Waals surface area contributed by atoms with Crippen LogP contribution in [-0.4, -0.2) is 37.1 Å². The fraction of sp³-hybridized carbons (Fsp3) is 0.316. The number of anilines is 1. The second-order valence-electron chi connectivity index (χ2n) is 6.17. The largest absolute Gasteiger partial charge is 0.368 e. The van der Waals surface area contributed by atoms with Gasteiger partial charge in [0, 0.05) is 36.3 Å². The van der Waals surface area contributed by atoms with Crippen LogP contribution in [0.1, 0.15) is 18.5 Å². The van der Waals surface area contributed by atoms with Crippen molar-refractivity contribution in [3.8, 4) is 0 Å². The Balaban J connectivity index is 1.52. The van der Waals surface area contributed by atoms with E-state index in [1.165, 1.54) is 12.1 Å². The Morgan fingerprint density at radius 3 is 2.24 bits per heavy atom. The van der Waals surface area contributed by atoms with E-state index in [0.29, 0.717) is 13.1 Å². The number of urea groups is 1. The van der Waals surface area contributed by atoms with Crippen LogP contribution in [0.2, 0.25) is 0 Å². The lowest BCUT2D eigenvalue weighted by Gasteiger charge is -2.36. The highest BCUT2D eigenvalue weighted by Crippen LogP contribution is 2.19. The molecule has 1 saturated heterocycles. The molecule has 25 heavy (non-hydrogen) atoms. The molecule has 0 saturated carbocycles. The third-order valence-corrected chi connectivity index (χ3v) is 5.00. The Kier molecular flexibility index (Phi) is 5.58. The van der Waals surface area contributed by atoms with Crippen LogP contribution in [-0.2, 0) is 0 Å². The summed E-state index contributed by atoms with van der Waals surface area (Å²) in [5.41, 5.74) is 2.06. The van der Waals surface area contributed by atoms with Gasteiger partial charge in [0.15, 0.2) is 0 Å². The van der Waals surface area contributed by atoms with E-state index >= 15 is 0 Å². The van der Waals surface area contributed by atoms with Crippen LogP contribution in [0, 0.1) is 5.82 Å². The highest BCUT2D eigenvalue weighted by atomic mass is 79.9. The molecule has 1 atom stereocenters. The smallest absolute Gasteiger partial charge is 0.317 e. The minimum atomic E-state index is -0.233. The fourth-order valence-corrected chi connectivity index (χ4v) is 3.20. The molecule has 1 aliphatic rings. The highest BCUT2D eigenvalue weighted by Gasteiger charge is 2.22. The van der Waals surface area contributed by atoms with E-state index in [2.05, 4.69) is 26.1 Å². The standard InChI is InChI=1S/C19H21BrFN3O/c1-14(15-2-4-16(20)5-3-15)22-19(25)24-12-10-23(11-13-24)18-8-6-17(21)7-9-18/h2-9,14H,10-13H2,1H3,(H,22,25). The van der Waals surface area contributed by atoms with Crippen molar-refractivity contribution in [2.24, 2.45) is 0 Å². The van der Waals surface area contributed by atoms with Gasteiger partial charge in [-0.05, 0) is 48.9 Å². The van der Waals surface area contributed by atoms with E-state index in [4.69, 9.17) is 0 Å². The zero-order valence-corrected chi connectivity index (χ0v) is 15.7. The maximum atomic E-state index is 13.0. The Bertz CT molecular complexity index is 712. The number of nitrogens with one attached hydrogen (secondary N) is 1. The summed E-state index contributed by atoms with van der Waals surface area (Å²) in [7, 11) is 0. The van der Waals surface area contributed by atoms with Crippen LogP contribution in [0.25, 0.3) is 0 Å². The summed E-state index contributed by atoms with van der Waals surface area (Å²) in [5.74, 6) is -0.233. The molecule has 0 aromatic heterocycles. The lowest BCUT2D eigenvalue weighted by molar-refractivity contribution is 0.191. The molecule has 2 aromatic rings. The zero-order chi connectivity index (χ0) is 17.8. The summed E-state index contributed by atoms with van der Waals surface area (Å²) < 4.78 is 14.0. The first-order valence-electron chi connectivity index (χ1n) is 8.34. The van der Waals surface area contributed by atoms with Crippen LogP contribution in [0.15, 0.2) is 53.0 Å². The number of rotatable bonds is 3. The number of hydrogen-bond donors (Lipinski definition) is 1. The normalized spacial score (nSPS) is 15.8. The molecule has 6 heteroatoms. The van der Waals surface area contributed by atoms with Crippen LogP contribution in [0.5, 0.6) is 0 Å². The van der Waals surface area contributed by atoms with E-state index in [1.54, 1.807) is 12.1 Å². The second kappa shape index (κ2) is 7.87. The number of halogens is 2. The molecule has 3 rings (SSSR count). The Labute approximate surface area is 155 Å². The van der Waals surface area contributed by atoms with Crippen molar-refractivity contribution < 1.29 is 9.18 Å². The first kappa shape index (κ1) is 17.7. The molecule has 4 nitrogen and oxygen atoms in total. The average Bonchev–Trinajstić information content (AvgIpc) is 2.63. The van der Waals surface area contributed by atoms with Gasteiger partial charge < -0.3 is 15.1 Å². The first-order chi connectivity index (χ1) is 12.0. The lowest BCUT2D eigenvalue weighted by atomic mass is 10.1. The fourth-order valence-electron chi connectivity index (χ4n) is 2.93. The Morgan fingerprint density at radius 2 is 1.64 bits per heavy atom. The van der Waals surface area contributed by atoms with Gasteiger partial charge in [0.1, 0.15) is 5.82 Å². The van der Waals surface area contributed by atoms with Crippen molar-refractivity contribution in [1.82, 2.24) is 10.2 Å². The van der Waals surface area contributed by atoms with Crippen molar-refractivity contribution in [2.75, 3.05) is 31.1 Å². The molecule has 1 N–H and O–H groups in total. The van der Waals surface area contributed by atoms with Gasteiger partial charge in [0.05, 0.1) is 6.04 Å². The van der Waals surface area contributed by atoms with E-state index in [-0.39, 0.29) is 17.9 Å². The number of carbonyl (C=O) groups is 1. The van der Waals surface area contributed by atoms with Crippen LogP contribution >= 0.6 is 15.9 Å². The molecule has 1 aliphatic heterocycles. The lowest BCUT2D eigenvalue weighted by Crippen LogP contribution is -2.52. The SMILES string of the molecule is CC(NC(=O)N1CCN(c2ccc(F)cc2)CC1)c1ccc(Br)cc1. The summed E-state index contributed by atoms with van der Waals surface area (Å²) >= 11 is 3.42. The monoisotopic (exact) mass is 405 g/mol. The summed E-state index contributed by atoms with van der Waals surface area (Å²) in [4.78, 5) is 16.5. The van der Waals surface area contributed by atoms with Crippen molar-refractivity contribution in [3.05, 3.63) is 64.4 Å². The molecular formula is C19H21BrFN3O. The molecular weight excluding hydrogens is 385 g/mol. The average molecular weight is 406 g/mol. The quantitative estimate of drug-likeness (QED) is 0.830. The number of amides is 2. The predicted molar refractivity (Wildman–Crippen MR) is 101 cm³/mol. The Morgan fingerprint density at radius 1 is 1.04 bits per heavy atom. The van der Waals surface area contributed by atoms with Gasteiger partial charge in [-0.2, -0.15) is 0 Å². The number of piperazine rings is 1. The van der Waals surface area contributed by atoms with Crippen LogP contribution in [0.3, 0.4) is 0 Å². The zero-order valence-electron chi connectivity index (χ0n) is 14.1. The van der Waals surface area contributed by atoms with Gasteiger partial charge in [-0.1, -0.05) is 28.1 Å². The van der Waals surface area contributed by atoms with Gasteiger partial charge >= 0.3 is 6.03 Å². The molecule has 0 radical (unpaired) electrons. The number of carbonyl (C=O) groups excluding carboxylic acids is 1. The highest BCUT2D eigenvalue weighted by molar-refractivity contribution is 9.10. The molecule has 2 amide bonds. The van der Waals surface area contributed by atoms with E-state index < -0.39 is 0 Å². The van der Waals surface area contributed by atoms with Crippen LogP contribution < -0.4 is 10.2 Å². The Hall–Kier alpha value is -2.08. The molecule has 0 aliphatic carbocycles. The maximum Gasteiger partial charge on any atom is 0.317 e. The third kappa shape index (κ3) is 4.51. The first-order valence-corrected chi connectivity index (χ1v) is 9.13. The summed E-state index contributed by atoms with van der Waals surface area (Å²) in [6.45, 7) is 4.76. The molecule has 1 fully saturated rings. The predicted octanol–water partition coefficient (Wildman–Crippen LogP) is 4.18. The summed E-state index contributed by atoms with van der Waals surface area (Å²) in [6.07, 6.45) is 0. The molecule has 1 heterocycles. The van der Waals surface area contributed by atoms with E-state index in [0.717, 1.165) is 28.8 Å². The van der Waals surface area contributed by atoms with E-state index in [9.17, 15) is 9.18 Å². The number of nitrogens with zero attached hydrogens (tertiary/aromatic N) is 2. The summed E-state index contributed by atoms with van der Waals surface area (Å²) in [6, 6.07) is 14.3. The minimum absolute atomic E-state index is 0.0456. The minimum Gasteiger partial charge on any atom is -0.368 e. The number of hydrogen-bond acceptors (Lipinski definition) is 2. The molecule has 1 unspecified atom stereocenters. The van der Waals surface area contributed by atoms with Gasteiger partial charge in [0.25, 0.3) is 0 Å². The van der Waals surface area contributed by atoms with Crippen molar-refractivity contribution in [2.45, 2.75) is 13.0 Å². The van der Waals surface area contributed by atoms with E-state index in [1.807, 2.05) is 36.1 Å². The van der Waals surface area contributed by atoms with Crippen molar-refractivity contribution >= 4 is 27.6 Å². The molecule has 0 bridgehead atoms. The third-order valence-electron chi connectivity index (χ3n) is 4.47. The van der Waals surface area contributed by atoms with Gasteiger partial charge in [-0.25, -0.2) is 9.18 Å². The van der Waals surface area contributed by atoms with Crippen molar-refractivity contribution in [1.29, 1.82) is 0 Å². The topological polar surface area (TPSA) is 35.6 Å². The maximum absolute atomic E-state index is 13.0. The molecule has 0 spiro atoms. The second-order valence-corrected chi connectivity index (χ2v) is 7.09.